The molecule has 0 aliphatic carbocycles. The Balaban J connectivity index is 3.10. The monoisotopic (exact) mass is 229 g/mol. The van der Waals surface area contributed by atoms with Gasteiger partial charge in [-0.15, -0.1) is 0 Å². The maximum atomic E-state index is 11.2. The molecule has 0 aliphatic heterocycles. The number of benzene rings is 1. The lowest BCUT2D eigenvalue weighted by Crippen LogP contribution is -1.95. The van der Waals surface area contributed by atoms with Crippen LogP contribution in [0.15, 0.2) is 17.2 Å². The van der Waals surface area contributed by atoms with Crippen LogP contribution < -0.4 is 0 Å². The lowest BCUT2D eigenvalue weighted by atomic mass is 10.0. The van der Waals surface area contributed by atoms with E-state index in [4.69, 9.17) is 5.53 Å². The minimum Gasteiger partial charge on any atom is -0.507 e. The van der Waals surface area contributed by atoms with Gasteiger partial charge in [-0.05, 0) is 37.1 Å². The molecule has 0 bridgehead atoms. The number of phenolic OH excluding ortho intramolecular Hbond substituents is 1. The number of rotatable bonds is 2. The molecule has 0 amide bonds. The predicted octanol–water partition coefficient (Wildman–Crippen LogP) is 2.57. The van der Waals surface area contributed by atoms with Gasteiger partial charge in [-0.1, -0.05) is 17.0 Å². The zero-order chi connectivity index (χ0) is 12.8. The van der Waals surface area contributed by atoms with Gasteiger partial charge in [0, 0.05) is 10.5 Å². The molecule has 5 heteroatoms. The number of aryl methyl sites for hydroxylation is 1. The summed E-state index contributed by atoms with van der Waals surface area (Å²) in [5.74, 6) is 5.14. The third-order valence-electron chi connectivity index (χ3n) is 2.16. The van der Waals surface area contributed by atoms with E-state index in [1.165, 1.54) is 13.0 Å². The molecular formula is C12H11N3O2. The van der Waals surface area contributed by atoms with Crippen molar-refractivity contribution in [2.24, 2.45) is 5.11 Å². The average Bonchev–Trinajstić information content (AvgIpc) is 2.28. The van der Waals surface area contributed by atoms with E-state index in [0.29, 0.717) is 5.56 Å². The van der Waals surface area contributed by atoms with Gasteiger partial charge in [0.05, 0.1) is 12.1 Å². The lowest BCUT2D eigenvalue weighted by Gasteiger charge is -2.04. The standard InChI is InChI=1S/C12H11N3O2/c1-8-6-11(9(2)16)12(17)7-10(8)4-3-5-14-15-13/h6-7,17H,5H2,1-2H3. The van der Waals surface area contributed by atoms with Gasteiger partial charge in [0.2, 0.25) is 0 Å². The quantitative estimate of drug-likeness (QED) is 0.278. The van der Waals surface area contributed by atoms with Crippen LogP contribution in [-0.2, 0) is 0 Å². The molecule has 0 saturated heterocycles. The fourth-order valence-electron chi connectivity index (χ4n) is 1.31. The molecule has 0 spiro atoms. The molecule has 0 unspecified atom stereocenters. The summed E-state index contributed by atoms with van der Waals surface area (Å²) in [5.41, 5.74) is 9.76. The summed E-state index contributed by atoms with van der Waals surface area (Å²) >= 11 is 0. The maximum Gasteiger partial charge on any atom is 0.163 e. The van der Waals surface area contributed by atoms with Gasteiger partial charge in [0.15, 0.2) is 5.78 Å². The molecule has 0 saturated carbocycles. The number of phenols is 1. The molecule has 1 aromatic carbocycles. The highest BCUT2D eigenvalue weighted by Gasteiger charge is 2.08. The van der Waals surface area contributed by atoms with Crippen LogP contribution in [0.4, 0.5) is 0 Å². The molecule has 1 rings (SSSR count). The van der Waals surface area contributed by atoms with Crippen molar-refractivity contribution in [1.82, 2.24) is 0 Å². The molecule has 17 heavy (non-hydrogen) atoms. The van der Waals surface area contributed by atoms with Crippen LogP contribution >= 0.6 is 0 Å². The highest BCUT2D eigenvalue weighted by Crippen LogP contribution is 2.22. The van der Waals surface area contributed by atoms with E-state index in [1.807, 2.05) is 0 Å². The topological polar surface area (TPSA) is 86.1 Å². The molecule has 0 radical (unpaired) electrons. The first-order chi connectivity index (χ1) is 8.06. The number of Topliss-reactive ketones (excluding diaryl/α,β-unsaturated/α-hetero) is 1. The van der Waals surface area contributed by atoms with Crippen molar-refractivity contribution in [2.75, 3.05) is 6.54 Å². The summed E-state index contributed by atoms with van der Waals surface area (Å²) in [6, 6.07) is 3.03. The summed E-state index contributed by atoms with van der Waals surface area (Å²) in [6.45, 7) is 3.26. The van der Waals surface area contributed by atoms with Crippen LogP contribution in [0.2, 0.25) is 0 Å². The molecule has 0 aliphatic rings. The van der Waals surface area contributed by atoms with Crippen LogP contribution in [0.5, 0.6) is 5.75 Å². The summed E-state index contributed by atoms with van der Waals surface area (Å²) in [4.78, 5) is 13.8. The molecule has 1 N–H and O–H groups in total. The third-order valence-corrected chi connectivity index (χ3v) is 2.16. The Hall–Kier alpha value is -2.44. The molecule has 1 aromatic rings. The largest absolute Gasteiger partial charge is 0.507 e. The predicted molar refractivity (Wildman–Crippen MR) is 63.7 cm³/mol. The van der Waals surface area contributed by atoms with Crippen LogP contribution in [0, 0.1) is 18.8 Å². The van der Waals surface area contributed by atoms with Gasteiger partial charge in [0.25, 0.3) is 0 Å². The Morgan fingerprint density at radius 1 is 1.59 bits per heavy atom. The second kappa shape index (κ2) is 5.59. The van der Waals surface area contributed by atoms with Crippen molar-refractivity contribution in [2.45, 2.75) is 13.8 Å². The molecule has 5 nitrogen and oxygen atoms in total. The van der Waals surface area contributed by atoms with Gasteiger partial charge in [-0.3, -0.25) is 4.79 Å². The van der Waals surface area contributed by atoms with E-state index in [-0.39, 0.29) is 23.6 Å². The number of ketones is 1. The molecule has 0 fully saturated rings. The number of aromatic hydroxyl groups is 1. The molecule has 0 aromatic heterocycles. The van der Waals surface area contributed by atoms with E-state index in [9.17, 15) is 9.90 Å². The molecule has 0 atom stereocenters. The van der Waals surface area contributed by atoms with E-state index in [1.54, 1.807) is 13.0 Å². The van der Waals surface area contributed by atoms with Crippen LogP contribution in [0.1, 0.15) is 28.4 Å². The smallest absolute Gasteiger partial charge is 0.163 e. The number of nitrogens with zero attached hydrogens (tertiary/aromatic N) is 3. The molecule has 86 valence electrons. The van der Waals surface area contributed by atoms with Crippen LogP contribution in [0.3, 0.4) is 0 Å². The Morgan fingerprint density at radius 2 is 2.29 bits per heavy atom. The first-order valence-electron chi connectivity index (χ1n) is 4.90. The average molecular weight is 229 g/mol. The third kappa shape index (κ3) is 3.26. The van der Waals surface area contributed by atoms with Crippen molar-refractivity contribution >= 4 is 5.78 Å². The lowest BCUT2D eigenvalue weighted by molar-refractivity contribution is 0.101. The second-order valence-electron chi connectivity index (χ2n) is 3.43. The van der Waals surface area contributed by atoms with E-state index in [0.717, 1.165) is 5.56 Å². The SMILES string of the molecule is CC(=O)c1cc(C)c(C#CCN=[N+]=[N-])cc1O. The molecule has 0 heterocycles. The zero-order valence-corrected chi connectivity index (χ0v) is 9.56. The molecular weight excluding hydrogens is 218 g/mol. The summed E-state index contributed by atoms with van der Waals surface area (Å²) in [7, 11) is 0. The Labute approximate surface area is 98.7 Å². The Bertz CT molecular complexity index is 561. The fourth-order valence-corrected chi connectivity index (χ4v) is 1.31. The van der Waals surface area contributed by atoms with Crippen LogP contribution in [0.25, 0.3) is 10.4 Å². The fraction of sp³-hybridized carbons (Fsp3) is 0.250. The van der Waals surface area contributed by atoms with E-state index >= 15 is 0 Å². The normalized spacial score (nSPS) is 8.82. The minimum absolute atomic E-state index is 0.0746. The van der Waals surface area contributed by atoms with Gasteiger partial charge in [-0.25, -0.2) is 0 Å². The summed E-state index contributed by atoms with van der Waals surface area (Å²) in [5, 5.41) is 12.9. The zero-order valence-electron chi connectivity index (χ0n) is 9.56. The van der Waals surface area contributed by atoms with Gasteiger partial charge in [0.1, 0.15) is 5.75 Å². The van der Waals surface area contributed by atoms with E-state index in [2.05, 4.69) is 21.9 Å². The van der Waals surface area contributed by atoms with E-state index < -0.39 is 0 Å². The van der Waals surface area contributed by atoms with Crippen molar-refractivity contribution in [3.63, 3.8) is 0 Å². The maximum absolute atomic E-state index is 11.2. The number of carbonyl (C=O) groups excluding carboxylic acids is 1. The Morgan fingerprint density at radius 3 is 2.88 bits per heavy atom. The van der Waals surface area contributed by atoms with Crippen molar-refractivity contribution in [3.05, 3.63) is 39.3 Å². The summed E-state index contributed by atoms with van der Waals surface area (Å²) in [6.07, 6.45) is 0. The number of hydrogen-bond donors (Lipinski definition) is 1. The first kappa shape index (κ1) is 12.6. The number of carbonyl (C=O) groups is 1. The van der Waals surface area contributed by atoms with Crippen molar-refractivity contribution in [3.8, 4) is 17.6 Å². The van der Waals surface area contributed by atoms with Gasteiger partial charge >= 0.3 is 0 Å². The van der Waals surface area contributed by atoms with Crippen molar-refractivity contribution < 1.29 is 9.90 Å². The van der Waals surface area contributed by atoms with Gasteiger partial charge in [-0.2, -0.15) is 0 Å². The number of hydrogen-bond acceptors (Lipinski definition) is 3. The number of azide groups is 1. The van der Waals surface area contributed by atoms with Crippen LogP contribution in [-0.4, -0.2) is 17.4 Å². The highest BCUT2D eigenvalue weighted by atomic mass is 16.3. The van der Waals surface area contributed by atoms with Crippen molar-refractivity contribution in [1.29, 1.82) is 0 Å². The second-order valence-corrected chi connectivity index (χ2v) is 3.43. The minimum atomic E-state index is -0.195. The highest BCUT2D eigenvalue weighted by molar-refractivity contribution is 5.97. The first-order valence-corrected chi connectivity index (χ1v) is 4.90. The van der Waals surface area contributed by atoms with Gasteiger partial charge < -0.3 is 5.11 Å². The Kier molecular flexibility index (Phi) is 4.15. The summed E-state index contributed by atoms with van der Waals surface area (Å²) < 4.78 is 0.